The van der Waals surface area contributed by atoms with Gasteiger partial charge in [0.15, 0.2) is 5.82 Å². The largest absolute Gasteiger partial charge is 0.337 e. The molecule has 0 amide bonds. The number of fused-ring (bicyclic) bond motifs is 1. The molecule has 0 radical (unpaired) electrons. The Morgan fingerprint density at radius 1 is 1.15 bits per heavy atom. The first-order valence-electron chi connectivity index (χ1n) is 5.76. The van der Waals surface area contributed by atoms with Crippen molar-refractivity contribution in [2.75, 3.05) is 5.32 Å². The summed E-state index contributed by atoms with van der Waals surface area (Å²) in [6.45, 7) is 0. The number of hydrogen-bond donors (Lipinski definition) is 1. The van der Waals surface area contributed by atoms with Crippen molar-refractivity contribution in [3.63, 3.8) is 0 Å². The monoisotopic (exact) mass is 399 g/mol. The van der Waals surface area contributed by atoms with E-state index < -0.39 is 5.82 Å². The lowest BCUT2D eigenvalue weighted by Crippen LogP contribution is -1.98. The first-order chi connectivity index (χ1) is 9.65. The van der Waals surface area contributed by atoms with Crippen molar-refractivity contribution in [2.45, 2.75) is 0 Å². The van der Waals surface area contributed by atoms with Gasteiger partial charge >= 0.3 is 0 Å². The first kappa shape index (κ1) is 13.5. The molecule has 0 unspecified atom stereocenters. The Kier molecular flexibility index (Phi) is 3.71. The summed E-state index contributed by atoms with van der Waals surface area (Å²) >= 11 is 7.98. The van der Waals surface area contributed by atoms with Crippen molar-refractivity contribution >= 4 is 56.6 Å². The van der Waals surface area contributed by atoms with Gasteiger partial charge in [-0.25, -0.2) is 14.4 Å². The van der Waals surface area contributed by atoms with Crippen molar-refractivity contribution in [1.29, 1.82) is 0 Å². The number of anilines is 2. The van der Waals surface area contributed by atoms with Crippen LogP contribution in [-0.4, -0.2) is 9.97 Å². The number of nitrogens with zero attached hydrogens (tertiary/aromatic N) is 2. The summed E-state index contributed by atoms with van der Waals surface area (Å²) in [5, 5.41) is 3.87. The molecule has 0 atom stereocenters. The van der Waals surface area contributed by atoms with Crippen LogP contribution in [0, 0.1) is 9.39 Å². The molecule has 0 aliphatic heterocycles. The molecular formula is C14H8ClFIN3. The molecule has 1 heterocycles. The molecule has 1 aromatic heterocycles. The van der Waals surface area contributed by atoms with Crippen LogP contribution in [-0.2, 0) is 0 Å². The van der Waals surface area contributed by atoms with Gasteiger partial charge in [0.1, 0.15) is 12.1 Å². The van der Waals surface area contributed by atoms with E-state index in [9.17, 15) is 4.39 Å². The highest BCUT2D eigenvalue weighted by Crippen LogP contribution is 2.28. The fraction of sp³-hybridized carbons (Fsp3) is 0. The molecular weight excluding hydrogens is 392 g/mol. The standard InChI is InChI=1S/C14H8ClFIN3/c15-10-2-1-3-12(13(10)16)20-14-9-6-8(17)4-5-11(9)18-7-19-14/h1-7H,(H,18,19,20). The highest BCUT2D eigenvalue weighted by molar-refractivity contribution is 14.1. The van der Waals surface area contributed by atoms with Crippen molar-refractivity contribution in [3.8, 4) is 0 Å². The summed E-state index contributed by atoms with van der Waals surface area (Å²) in [5.74, 6) is 0.0567. The zero-order chi connectivity index (χ0) is 14.1. The van der Waals surface area contributed by atoms with E-state index >= 15 is 0 Å². The molecule has 0 aliphatic rings. The van der Waals surface area contributed by atoms with Crippen molar-refractivity contribution in [1.82, 2.24) is 9.97 Å². The van der Waals surface area contributed by atoms with Gasteiger partial charge in [-0.05, 0) is 52.9 Å². The molecule has 1 N–H and O–H groups in total. The second kappa shape index (κ2) is 5.49. The highest BCUT2D eigenvalue weighted by Gasteiger charge is 2.09. The van der Waals surface area contributed by atoms with Crippen molar-refractivity contribution < 1.29 is 4.39 Å². The maximum Gasteiger partial charge on any atom is 0.165 e. The topological polar surface area (TPSA) is 37.8 Å². The van der Waals surface area contributed by atoms with E-state index in [-0.39, 0.29) is 10.7 Å². The molecule has 2 aromatic carbocycles. The average molecular weight is 400 g/mol. The normalized spacial score (nSPS) is 10.8. The first-order valence-corrected chi connectivity index (χ1v) is 7.22. The van der Waals surface area contributed by atoms with Crippen LogP contribution < -0.4 is 5.32 Å². The summed E-state index contributed by atoms with van der Waals surface area (Å²) in [6, 6.07) is 10.6. The predicted octanol–water partition coefficient (Wildman–Crippen LogP) is 4.77. The van der Waals surface area contributed by atoms with Crippen LogP contribution in [0.5, 0.6) is 0 Å². The van der Waals surface area contributed by atoms with E-state index in [0.29, 0.717) is 5.82 Å². The van der Waals surface area contributed by atoms with Gasteiger partial charge in [-0.1, -0.05) is 17.7 Å². The van der Waals surface area contributed by atoms with Crippen LogP contribution in [0.15, 0.2) is 42.7 Å². The minimum absolute atomic E-state index is 0.0722. The van der Waals surface area contributed by atoms with Gasteiger partial charge in [-0.15, -0.1) is 0 Å². The third-order valence-corrected chi connectivity index (χ3v) is 3.76. The lowest BCUT2D eigenvalue weighted by atomic mass is 10.2. The highest BCUT2D eigenvalue weighted by atomic mass is 127. The van der Waals surface area contributed by atoms with Gasteiger partial charge in [0.05, 0.1) is 16.2 Å². The van der Waals surface area contributed by atoms with Gasteiger partial charge < -0.3 is 5.32 Å². The van der Waals surface area contributed by atoms with E-state index in [0.717, 1.165) is 14.5 Å². The molecule has 3 nitrogen and oxygen atoms in total. The molecule has 0 fully saturated rings. The Balaban J connectivity index is 2.11. The van der Waals surface area contributed by atoms with Crippen LogP contribution in [0.2, 0.25) is 5.02 Å². The number of aromatic nitrogens is 2. The van der Waals surface area contributed by atoms with E-state index in [1.54, 1.807) is 12.1 Å². The predicted molar refractivity (Wildman–Crippen MR) is 86.9 cm³/mol. The quantitative estimate of drug-likeness (QED) is 0.631. The van der Waals surface area contributed by atoms with Crippen molar-refractivity contribution in [2.24, 2.45) is 0 Å². The Bertz CT molecular complexity index is 794. The summed E-state index contributed by atoms with van der Waals surface area (Å²) in [7, 11) is 0. The zero-order valence-electron chi connectivity index (χ0n) is 10.1. The molecule has 0 aliphatic carbocycles. The van der Waals surface area contributed by atoms with Crippen molar-refractivity contribution in [3.05, 3.63) is 57.1 Å². The summed E-state index contributed by atoms with van der Waals surface area (Å²) in [6.07, 6.45) is 1.44. The van der Waals surface area contributed by atoms with Crippen LogP contribution in [0.25, 0.3) is 10.9 Å². The number of nitrogens with one attached hydrogen (secondary N) is 1. The van der Waals surface area contributed by atoms with Crippen LogP contribution in [0.3, 0.4) is 0 Å². The Labute approximate surface area is 133 Å². The summed E-state index contributed by atoms with van der Waals surface area (Å²) in [5.41, 5.74) is 1.08. The maximum absolute atomic E-state index is 13.9. The number of hydrogen-bond acceptors (Lipinski definition) is 3. The number of halogens is 3. The molecule has 20 heavy (non-hydrogen) atoms. The number of rotatable bonds is 2. The van der Waals surface area contributed by atoms with Gasteiger partial charge in [0.2, 0.25) is 0 Å². The van der Waals surface area contributed by atoms with Crippen LogP contribution >= 0.6 is 34.2 Å². The molecule has 0 spiro atoms. The minimum Gasteiger partial charge on any atom is -0.337 e. The third kappa shape index (κ3) is 2.55. The Hall–Kier alpha value is -1.47. The Morgan fingerprint density at radius 3 is 2.85 bits per heavy atom. The second-order valence-corrected chi connectivity index (χ2v) is 5.76. The fourth-order valence-corrected chi connectivity index (χ4v) is 2.52. The third-order valence-electron chi connectivity index (χ3n) is 2.80. The SMILES string of the molecule is Fc1c(Cl)cccc1Nc1ncnc2ccc(I)cc12. The Morgan fingerprint density at radius 2 is 2.00 bits per heavy atom. The lowest BCUT2D eigenvalue weighted by molar-refractivity contribution is 0.632. The minimum atomic E-state index is -0.494. The van der Waals surface area contributed by atoms with Gasteiger partial charge in [0, 0.05) is 8.96 Å². The van der Waals surface area contributed by atoms with Gasteiger partial charge in [-0.2, -0.15) is 0 Å². The molecule has 3 aromatic rings. The van der Waals surface area contributed by atoms with E-state index in [4.69, 9.17) is 11.6 Å². The summed E-state index contributed by atoms with van der Waals surface area (Å²) < 4.78 is 15.0. The molecule has 0 bridgehead atoms. The van der Waals surface area contributed by atoms with E-state index in [1.807, 2.05) is 18.2 Å². The van der Waals surface area contributed by atoms with Crippen LogP contribution in [0.4, 0.5) is 15.9 Å². The molecule has 0 saturated heterocycles. The smallest absolute Gasteiger partial charge is 0.165 e. The molecule has 100 valence electrons. The maximum atomic E-state index is 13.9. The van der Waals surface area contributed by atoms with E-state index in [1.165, 1.54) is 12.4 Å². The second-order valence-electron chi connectivity index (χ2n) is 4.11. The van der Waals surface area contributed by atoms with Crippen LogP contribution in [0.1, 0.15) is 0 Å². The molecule has 6 heteroatoms. The summed E-state index contributed by atoms with van der Waals surface area (Å²) in [4.78, 5) is 8.37. The van der Waals surface area contributed by atoms with Gasteiger partial charge in [-0.3, -0.25) is 0 Å². The average Bonchev–Trinajstić information content (AvgIpc) is 2.44. The van der Waals surface area contributed by atoms with E-state index in [2.05, 4.69) is 37.9 Å². The fourth-order valence-electron chi connectivity index (χ4n) is 1.86. The molecule has 3 rings (SSSR count). The number of benzene rings is 2. The lowest BCUT2D eigenvalue weighted by Gasteiger charge is -2.10. The van der Waals surface area contributed by atoms with Gasteiger partial charge in [0.25, 0.3) is 0 Å². The molecule has 0 saturated carbocycles. The zero-order valence-corrected chi connectivity index (χ0v) is 13.0.